The van der Waals surface area contributed by atoms with Crippen LogP contribution in [0.3, 0.4) is 0 Å². The van der Waals surface area contributed by atoms with Crippen LogP contribution in [0, 0.1) is 6.92 Å². The molecule has 1 saturated heterocycles. The van der Waals surface area contributed by atoms with Gasteiger partial charge < -0.3 is 19.7 Å². The lowest BCUT2D eigenvalue weighted by Gasteiger charge is -2.18. The van der Waals surface area contributed by atoms with Crippen molar-refractivity contribution in [1.29, 1.82) is 0 Å². The summed E-state index contributed by atoms with van der Waals surface area (Å²) in [5, 5.41) is 3.32. The Morgan fingerprint density at radius 2 is 1.74 bits per heavy atom. The zero-order valence-electron chi connectivity index (χ0n) is 13.8. The van der Waals surface area contributed by atoms with Crippen LogP contribution in [0.25, 0.3) is 0 Å². The van der Waals surface area contributed by atoms with Gasteiger partial charge in [-0.15, -0.1) is 0 Å². The molecule has 122 valence electrons. The zero-order chi connectivity index (χ0) is 16.2. The third-order valence-corrected chi connectivity index (χ3v) is 3.91. The van der Waals surface area contributed by atoms with Crippen molar-refractivity contribution in [1.82, 2.24) is 9.97 Å². The number of nitrogens with one attached hydrogen (secondary N) is 1. The van der Waals surface area contributed by atoms with E-state index in [0.29, 0.717) is 11.5 Å². The Balaban J connectivity index is 1.84. The fraction of sp³-hybridized carbons (Fsp3) is 0.412. The summed E-state index contributed by atoms with van der Waals surface area (Å²) < 4.78 is 10.6. The zero-order valence-corrected chi connectivity index (χ0v) is 13.8. The number of aryl methyl sites for hydroxylation is 1. The Morgan fingerprint density at radius 3 is 2.43 bits per heavy atom. The predicted octanol–water partition coefficient (Wildman–Crippen LogP) is 3.15. The molecule has 1 aromatic carbocycles. The summed E-state index contributed by atoms with van der Waals surface area (Å²) in [6, 6.07) is 7.70. The standard InChI is InChI=1S/C17H22N4O2/c1-12-18-16(11-17(19-12)21-8-4-5-9-21)20-13-6-7-14(22-2)15(10-13)23-3/h6-7,10-11H,4-5,8-9H2,1-3H3,(H,18,19,20). The first kappa shape index (κ1) is 15.4. The highest BCUT2D eigenvalue weighted by Gasteiger charge is 2.15. The number of rotatable bonds is 5. The van der Waals surface area contributed by atoms with Crippen molar-refractivity contribution in [3.8, 4) is 11.5 Å². The summed E-state index contributed by atoms with van der Waals surface area (Å²) in [5.41, 5.74) is 0.896. The maximum atomic E-state index is 5.34. The number of hydrogen-bond donors (Lipinski definition) is 1. The first-order valence-corrected chi connectivity index (χ1v) is 7.79. The molecule has 3 rings (SSSR count). The summed E-state index contributed by atoms with van der Waals surface area (Å²) in [7, 11) is 3.25. The van der Waals surface area contributed by atoms with Crippen LogP contribution in [0.15, 0.2) is 24.3 Å². The second-order valence-electron chi connectivity index (χ2n) is 5.55. The lowest BCUT2D eigenvalue weighted by Crippen LogP contribution is -2.19. The molecule has 1 aliphatic rings. The number of hydrogen-bond acceptors (Lipinski definition) is 6. The van der Waals surface area contributed by atoms with E-state index in [0.717, 1.165) is 36.2 Å². The Bertz CT molecular complexity index is 684. The van der Waals surface area contributed by atoms with Crippen molar-refractivity contribution in [2.45, 2.75) is 19.8 Å². The number of nitrogens with zero attached hydrogens (tertiary/aromatic N) is 3. The van der Waals surface area contributed by atoms with Crippen LogP contribution < -0.4 is 19.7 Å². The smallest absolute Gasteiger partial charge is 0.162 e. The molecule has 0 spiro atoms. The van der Waals surface area contributed by atoms with Gasteiger partial charge >= 0.3 is 0 Å². The first-order chi connectivity index (χ1) is 11.2. The molecule has 1 aliphatic heterocycles. The first-order valence-electron chi connectivity index (χ1n) is 7.79. The van der Waals surface area contributed by atoms with Crippen molar-refractivity contribution >= 4 is 17.3 Å². The second-order valence-corrected chi connectivity index (χ2v) is 5.55. The summed E-state index contributed by atoms with van der Waals surface area (Å²) in [6.45, 7) is 4.04. The molecule has 0 saturated carbocycles. The van der Waals surface area contributed by atoms with Gasteiger partial charge in [0.25, 0.3) is 0 Å². The predicted molar refractivity (Wildman–Crippen MR) is 91.0 cm³/mol. The van der Waals surface area contributed by atoms with Gasteiger partial charge in [0.15, 0.2) is 11.5 Å². The fourth-order valence-corrected chi connectivity index (χ4v) is 2.79. The fourth-order valence-electron chi connectivity index (χ4n) is 2.79. The van der Waals surface area contributed by atoms with Crippen molar-refractivity contribution in [2.24, 2.45) is 0 Å². The van der Waals surface area contributed by atoms with Crippen LogP contribution in [-0.2, 0) is 0 Å². The second kappa shape index (κ2) is 6.73. The highest BCUT2D eigenvalue weighted by Crippen LogP contribution is 2.31. The van der Waals surface area contributed by atoms with E-state index >= 15 is 0 Å². The maximum absolute atomic E-state index is 5.34. The van der Waals surface area contributed by atoms with E-state index in [1.54, 1.807) is 14.2 Å². The van der Waals surface area contributed by atoms with E-state index in [-0.39, 0.29) is 0 Å². The minimum atomic E-state index is 0.683. The van der Waals surface area contributed by atoms with Crippen molar-refractivity contribution in [2.75, 3.05) is 37.5 Å². The third-order valence-electron chi connectivity index (χ3n) is 3.91. The van der Waals surface area contributed by atoms with E-state index in [1.807, 2.05) is 31.2 Å². The Morgan fingerprint density at radius 1 is 1.00 bits per heavy atom. The molecule has 6 nitrogen and oxygen atoms in total. The van der Waals surface area contributed by atoms with Crippen LogP contribution in [-0.4, -0.2) is 37.3 Å². The highest BCUT2D eigenvalue weighted by atomic mass is 16.5. The molecule has 0 aliphatic carbocycles. The number of ether oxygens (including phenoxy) is 2. The normalized spacial score (nSPS) is 14.0. The lowest BCUT2D eigenvalue weighted by molar-refractivity contribution is 0.355. The Hall–Kier alpha value is -2.50. The number of aromatic nitrogens is 2. The maximum Gasteiger partial charge on any atom is 0.162 e. The van der Waals surface area contributed by atoms with E-state index in [1.165, 1.54) is 12.8 Å². The van der Waals surface area contributed by atoms with Crippen LogP contribution in [0.2, 0.25) is 0 Å². The molecule has 0 atom stereocenters. The van der Waals surface area contributed by atoms with Crippen LogP contribution in [0.1, 0.15) is 18.7 Å². The van der Waals surface area contributed by atoms with Crippen molar-refractivity contribution in [3.63, 3.8) is 0 Å². The molecule has 0 bridgehead atoms. The van der Waals surface area contributed by atoms with Crippen molar-refractivity contribution in [3.05, 3.63) is 30.1 Å². The van der Waals surface area contributed by atoms with Gasteiger partial charge in [0.1, 0.15) is 17.5 Å². The van der Waals surface area contributed by atoms with Gasteiger partial charge in [-0.25, -0.2) is 9.97 Å². The average Bonchev–Trinajstić information content (AvgIpc) is 3.08. The van der Waals surface area contributed by atoms with Crippen LogP contribution in [0.5, 0.6) is 11.5 Å². The topological polar surface area (TPSA) is 59.5 Å². The molecule has 2 heterocycles. The van der Waals surface area contributed by atoms with E-state index in [2.05, 4.69) is 20.2 Å². The molecule has 1 fully saturated rings. The average molecular weight is 314 g/mol. The van der Waals surface area contributed by atoms with Crippen LogP contribution >= 0.6 is 0 Å². The highest BCUT2D eigenvalue weighted by molar-refractivity contribution is 5.63. The lowest BCUT2D eigenvalue weighted by atomic mass is 10.2. The van der Waals surface area contributed by atoms with Gasteiger partial charge in [0.2, 0.25) is 0 Å². The Labute approximate surface area is 136 Å². The number of anilines is 3. The molecule has 6 heteroatoms. The molecule has 0 amide bonds. The molecular formula is C17H22N4O2. The molecule has 1 aromatic heterocycles. The van der Waals surface area contributed by atoms with E-state index < -0.39 is 0 Å². The Kier molecular flexibility index (Phi) is 4.50. The largest absolute Gasteiger partial charge is 0.493 e. The van der Waals surface area contributed by atoms with Gasteiger partial charge in [-0.2, -0.15) is 0 Å². The van der Waals surface area contributed by atoms with Gasteiger partial charge in [-0.3, -0.25) is 0 Å². The van der Waals surface area contributed by atoms with Gasteiger partial charge in [0, 0.05) is 30.9 Å². The van der Waals surface area contributed by atoms with Crippen LogP contribution in [0.4, 0.5) is 17.3 Å². The number of methoxy groups -OCH3 is 2. The number of benzene rings is 1. The molecule has 23 heavy (non-hydrogen) atoms. The molecule has 2 aromatic rings. The summed E-state index contributed by atoms with van der Waals surface area (Å²) in [6.07, 6.45) is 2.45. The van der Waals surface area contributed by atoms with Gasteiger partial charge in [0.05, 0.1) is 14.2 Å². The minimum Gasteiger partial charge on any atom is -0.493 e. The third kappa shape index (κ3) is 3.47. The summed E-state index contributed by atoms with van der Waals surface area (Å²) in [4.78, 5) is 11.3. The molecular weight excluding hydrogens is 292 g/mol. The van der Waals surface area contributed by atoms with Crippen molar-refractivity contribution < 1.29 is 9.47 Å². The van der Waals surface area contributed by atoms with E-state index in [4.69, 9.17) is 9.47 Å². The SMILES string of the molecule is COc1ccc(Nc2cc(N3CCCC3)nc(C)n2)cc1OC. The summed E-state index contributed by atoms with van der Waals surface area (Å²) >= 11 is 0. The minimum absolute atomic E-state index is 0.683. The van der Waals surface area contributed by atoms with Gasteiger partial charge in [-0.05, 0) is 31.9 Å². The quantitative estimate of drug-likeness (QED) is 0.915. The molecule has 0 unspecified atom stereocenters. The summed E-state index contributed by atoms with van der Waals surface area (Å²) in [5.74, 6) is 3.92. The molecule has 1 N–H and O–H groups in total. The van der Waals surface area contributed by atoms with E-state index in [9.17, 15) is 0 Å². The van der Waals surface area contributed by atoms with Gasteiger partial charge in [-0.1, -0.05) is 0 Å². The molecule has 0 radical (unpaired) electrons. The monoisotopic (exact) mass is 314 g/mol.